The van der Waals surface area contributed by atoms with E-state index in [0.717, 1.165) is 17.7 Å². The third-order valence-corrected chi connectivity index (χ3v) is 4.20. The van der Waals surface area contributed by atoms with E-state index in [9.17, 15) is 14.7 Å². The molecule has 25 heavy (non-hydrogen) atoms. The molecule has 1 heterocycles. The van der Waals surface area contributed by atoms with Crippen LogP contribution in [0.3, 0.4) is 0 Å². The molecule has 1 amide bonds. The van der Waals surface area contributed by atoms with Gasteiger partial charge in [-0.15, -0.1) is 0 Å². The highest BCUT2D eigenvalue weighted by Crippen LogP contribution is 2.23. The van der Waals surface area contributed by atoms with Crippen LogP contribution in [0.5, 0.6) is 0 Å². The predicted octanol–water partition coefficient (Wildman–Crippen LogP) is 1.87. The lowest BCUT2D eigenvalue weighted by Gasteiger charge is -2.14. The maximum Gasteiger partial charge on any atom is 0.281 e. The Kier molecular flexibility index (Phi) is 4.63. The number of carbonyl (C=O) groups excluding carboxylic acids is 2. The number of thiocarbonyl (C=S) groups is 1. The summed E-state index contributed by atoms with van der Waals surface area (Å²) in [5, 5.41) is 14.0. The van der Waals surface area contributed by atoms with E-state index in [2.05, 4.69) is 5.32 Å². The van der Waals surface area contributed by atoms with Gasteiger partial charge >= 0.3 is 0 Å². The smallest absolute Gasteiger partial charge is 0.281 e. The molecule has 2 aromatic rings. The SMILES string of the molecule is CCc1cccc(N2C(=O)/C(=C\c3ccc(C(=O)[O-])cc3)NC2=S)c1. The molecule has 0 aromatic heterocycles. The molecule has 1 aliphatic heterocycles. The molecule has 6 heteroatoms. The highest BCUT2D eigenvalue weighted by molar-refractivity contribution is 7.80. The summed E-state index contributed by atoms with van der Waals surface area (Å²) in [7, 11) is 0. The van der Waals surface area contributed by atoms with E-state index in [1.54, 1.807) is 18.2 Å². The van der Waals surface area contributed by atoms with Crippen LogP contribution in [0.25, 0.3) is 6.08 Å². The van der Waals surface area contributed by atoms with E-state index in [4.69, 9.17) is 12.2 Å². The fourth-order valence-electron chi connectivity index (χ4n) is 2.57. The minimum absolute atomic E-state index is 0.0846. The maximum atomic E-state index is 12.7. The quantitative estimate of drug-likeness (QED) is 0.673. The second kappa shape index (κ2) is 6.86. The third-order valence-electron chi connectivity index (χ3n) is 3.91. The van der Waals surface area contributed by atoms with E-state index >= 15 is 0 Å². The Bertz CT molecular complexity index is 888. The number of rotatable bonds is 4. The van der Waals surface area contributed by atoms with Crippen LogP contribution in [0.2, 0.25) is 0 Å². The Hall–Kier alpha value is -2.99. The number of hydrogen-bond acceptors (Lipinski definition) is 4. The minimum atomic E-state index is -1.24. The summed E-state index contributed by atoms with van der Waals surface area (Å²) in [6.45, 7) is 2.04. The number of benzene rings is 2. The molecule has 5 nitrogen and oxygen atoms in total. The van der Waals surface area contributed by atoms with Crippen molar-refractivity contribution in [1.29, 1.82) is 0 Å². The molecule has 126 valence electrons. The van der Waals surface area contributed by atoms with Crippen LogP contribution >= 0.6 is 12.2 Å². The van der Waals surface area contributed by atoms with Gasteiger partial charge in [-0.1, -0.05) is 43.3 Å². The predicted molar refractivity (Wildman–Crippen MR) is 97.8 cm³/mol. The van der Waals surface area contributed by atoms with E-state index < -0.39 is 5.97 Å². The van der Waals surface area contributed by atoms with Crippen molar-refractivity contribution < 1.29 is 14.7 Å². The van der Waals surface area contributed by atoms with Crippen molar-refractivity contribution in [1.82, 2.24) is 5.32 Å². The highest BCUT2D eigenvalue weighted by Gasteiger charge is 2.31. The highest BCUT2D eigenvalue weighted by atomic mass is 32.1. The van der Waals surface area contributed by atoms with Crippen molar-refractivity contribution in [3.05, 3.63) is 70.9 Å². The first-order valence-electron chi connectivity index (χ1n) is 7.77. The standard InChI is InChI=1S/C19H16N2O3S/c1-2-12-4-3-5-15(10-12)21-17(22)16(20-19(21)25)11-13-6-8-14(9-7-13)18(23)24/h3-11H,2H2,1H3,(H,20,25)(H,23,24)/p-1/b16-11+. The lowest BCUT2D eigenvalue weighted by Crippen LogP contribution is -2.30. The van der Waals surface area contributed by atoms with Crippen LogP contribution in [0, 0.1) is 0 Å². The average molecular weight is 351 g/mol. The first-order valence-corrected chi connectivity index (χ1v) is 8.18. The molecule has 0 saturated carbocycles. The van der Waals surface area contributed by atoms with Crippen molar-refractivity contribution in [3.8, 4) is 0 Å². The van der Waals surface area contributed by atoms with Gasteiger partial charge in [-0.3, -0.25) is 9.69 Å². The summed E-state index contributed by atoms with van der Waals surface area (Å²) in [5.74, 6) is -1.49. The number of anilines is 1. The van der Waals surface area contributed by atoms with Crippen LogP contribution in [0.1, 0.15) is 28.4 Å². The normalized spacial score (nSPS) is 15.6. The molecule has 0 unspecified atom stereocenters. The molecular weight excluding hydrogens is 336 g/mol. The molecule has 0 aliphatic carbocycles. The van der Waals surface area contributed by atoms with Crippen LogP contribution in [0.4, 0.5) is 5.69 Å². The molecule has 3 rings (SSSR count). The Morgan fingerprint density at radius 3 is 2.60 bits per heavy atom. The molecule has 1 N–H and O–H groups in total. The molecule has 1 aliphatic rings. The fraction of sp³-hybridized carbons (Fsp3) is 0.105. The Morgan fingerprint density at radius 2 is 1.96 bits per heavy atom. The number of carbonyl (C=O) groups is 2. The number of aryl methyl sites for hydroxylation is 1. The fourth-order valence-corrected chi connectivity index (χ4v) is 2.87. The number of carboxylic acid groups (broad SMARTS) is 1. The summed E-state index contributed by atoms with van der Waals surface area (Å²) in [6, 6.07) is 13.7. The van der Waals surface area contributed by atoms with Crippen molar-refractivity contribution in [2.75, 3.05) is 4.90 Å². The second-order valence-corrected chi connectivity index (χ2v) is 5.95. The van der Waals surface area contributed by atoms with Crippen molar-refractivity contribution in [2.45, 2.75) is 13.3 Å². The first-order chi connectivity index (χ1) is 12.0. The maximum absolute atomic E-state index is 12.7. The van der Waals surface area contributed by atoms with Crippen LogP contribution < -0.4 is 15.3 Å². The summed E-state index contributed by atoms with van der Waals surface area (Å²) in [6.07, 6.45) is 2.50. The summed E-state index contributed by atoms with van der Waals surface area (Å²) in [5.41, 5.74) is 2.95. The van der Waals surface area contributed by atoms with Crippen LogP contribution in [0.15, 0.2) is 54.2 Å². The van der Waals surface area contributed by atoms with Gasteiger partial charge in [-0.2, -0.15) is 0 Å². The zero-order valence-electron chi connectivity index (χ0n) is 13.5. The largest absolute Gasteiger partial charge is 0.545 e. The number of nitrogens with one attached hydrogen (secondary N) is 1. The Morgan fingerprint density at radius 1 is 1.24 bits per heavy atom. The average Bonchev–Trinajstić information content (AvgIpc) is 2.89. The molecule has 0 atom stereocenters. The Labute approximate surface area is 150 Å². The van der Waals surface area contributed by atoms with Crippen LogP contribution in [-0.2, 0) is 11.2 Å². The summed E-state index contributed by atoms with van der Waals surface area (Å²) >= 11 is 5.29. The van der Waals surface area contributed by atoms with Gasteiger partial charge in [0.1, 0.15) is 5.70 Å². The minimum Gasteiger partial charge on any atom is -0.545 e. The van der Waals surface area contributed by atoms with E-state index in [1.165, 1.54) is 17.0 Å². The topological polar surface area (TPSA) is 72.5 Å². The van der Waals surface area contributed by atoms with Gasteiger partial charge in [0.25, 0.3) is 5.91 Å². The van der Waals surface area contributed by atoms with Gasteiger partial charge in [0.2, 0.25) is 0 Å². The molecular formula is C19H15N2O3S-. The molecule has 0 radical (unpaired) electrons. The van der Waals surface area contributed by atoms with Gasteiger partial charge in [-0.25, -0.2) is 0 Å². The van der Waals surface area contributed by atoms with Crippen molar-refractivity contribution >= 4 is 41.0 Å². The third kappa shape index (κ3) is 3.44. The van der Waals surface area contributed by atoms with Gasteiger partial charge in [0.05, 0.1) is 11.7 Å². The molecule has 1 saturated heterocycles. The number of amides is 1. The van der Waals surface area contributed by atoms with Gasteiger partial charge in [0.15, 0.2) is 5.11 Å². The second-order valence-electron chi connectivity index (χ2n) is 5.56. The van der Waals surface area contributed by atoms with Gasteiger partial charge < -0.3 is 15.2 Å². The zero-order chi connectivity index (χ0) is 18.0. The van der Waals surface area contributed by atoms with E-state index in [-0.39, 0.29) is 11.5 Å². The van der Waals surface area contributed by atoms with Crippen molar-refractivity contribution in [3.63, 3.8) is 0 Å². The summed E-state index contributed by atoms with van der Waals surface area (Å²) < 4.78 is 0. The van der Waals surface area contributed by atoms with Gasteiger partial charge in [-0.05, 0) is 53.5 Å². The van der Waals surface area contributed by atoms with Gasteiger partial charge in [0, 0.05) is 0 Å². The molecule has 2 aromatic carbocycles. The Balaban J connectivity index is 1.88. The van der Waals surface area contributed by atoms with E-state index in [1.807, 2.05) is 31.2 Å². The number of nitrogens with zero attached hydrogens (tertiary/aromatic N) is 1. The van der Waals surface area contributed by atoms with E-state index in [0.29, 0.717) is 16.4 Å². The first kappa shape index (κ1) is 16.9. The number of aromatic carboxylic acids is 1. The monoisotopic (exact) mass is 351 g/mol. The molecule has 0 spiro atoms. The van der Waals surface area contributed by atoms with Crippen LogP contribution in [-0.4, -0.2) is 17.0 Å². The number of hydrogen-bond donors (Lipinski definition) is 1. The van der Waals surface area contributed by atoms with Crippen molar-refractivity contribution in [2.24, 2.45) is 0 Å². The number of carboxylic acids is 1. The molecule has 0 bridgehead atoms. The lowest BCUT2D eigenvalue weighted by atomic mass is 10.1. The molecule has 1 fully saturated rings. The summed E-state index contributed by atoms with van der Waals surface area (Å²) in [4.78, 5) is 24.9. The zero-order valence-corrected chi connectivity index (χ0v) is 14.3. The lowest BCUT2D eigenvalue weighted by molar-refractivity contribution is -0.255.